The van der Waals surface area contributed by atoms with Crippen LogP contribution < -0.4 is 0 Å². The van der Waals surface area contributed by atoms with Gasteiger partial charge < -0.3 is 14.4 Å². The lowest BCUT2D eigenvalue weighted by molar-refractivity contribution is 0.0458. The second-order valence-corrected chi connectivity index (χ2v) is 3.84. The monoisotopic (exact) mass is 221 g/mol. The van der Waals surface area contributed by atoms with Gasteiger partial charge in [0.05, 0.1) is 26.4 Å². The Bertz CT molecular complexity index is 129. The van der Waals surface area contributed by atoms with Crippen molar-refractivity contribution in [2.24, 2.45) is 0 Å². The Hall–Kier alpha value is 0.170. The van der Waals surface area contributed by atoms with Crippen LogP contribution in [0.3, 0.4) is 0 Å². The van der Waals surface area contributed by atoms with Crippen LogP contribution in [0.4, 0.5) is 0 Å². The molecule has 4 heteroatoms. The van der Waals surface area contributed by atoms with Crippen LogP contribution in [0, 0.1) is 0 Å². The van der Waals surface area contributed by atoms with Gasteiger partial charge in [-0.3, -0.25) is 0 Å². The maximum absolute atomic E-state index is 5.46. The lowest BCUT2D eigenvalue weighted by Crippen LogP contribution is -2.24. The Balaban J connectivity index is 1.75. The normalized spacial score (nSPS) is 17.8. The highest BCUT2D eigenvalue weighted by Gasteiger charge is 2.09. The number of nitrogens with zero attached hydrogens (tertiary/aromatic N) is 1. The third-order valence-electron chi connectivity index (χ3n) is 2.34. The SMILES string of the molecule is ClCCOCCOCCN1CCCC1. The topological polar surface area (TPSA) is 21.7 Å². The fourth-order valence-electron chi connectivity index (χ4n) is 1.58. The smallest absolute Gasteiger partial charge is 0.0701 e. The third-order valence-corrected chi connectivity index (χ3v) is 2.50. The highest BCUT2D eigenvalue weighted by Crippen LogP contribution is 2.05. The molecule has 0 spiro atoms. The van der Waals surface area contributed by atoms with Gasteiger partial charge in [0.25, 0.3) is 0 Å². The molecule has 1 aliphatic heterocycles. The minimum Gasteiger partial charge on any atom is -0.378 e. The molecule has 14 heavy (non-hydrogen) atoms. The molecular weight excluding hydrogens is 202 g/mol. The van der Waals surface area contributed by atoms with Gasteiger partial charge in [-0.25, -0.2) is 0 Å². The van der Waals surface area contributed by atoms with Crippen LogP contribution in [-0.4, -0.2) is 56.8 Å². The van der Waals surface area contributed by atoms with Crippen molar-refractivity contribution >= 4 is 11.6 Å². The second kappa shape index (κ2) is 8.48. The van der Waals surface area contributed by atoms with E-state index in [1.54, 1.807) is 0 Å². The largest absolute Gasteiger partial charge is 0.378 e. The first-order valence-electron chi connectivity index (χ1n) is 5.37. The maximum atomic E-state index is 5.46. The summed E-state index contributed by atoms with van der Waals surface area (Å²) in [5.41, 5.74) is 0. The summed E-state index contributed by atoms with van der Waals surface area (Å²) < 4.78 is 10.6. The summed E-state index contributed by atoms with van der Waals surface area (Å²) in [5.74, 6) is 0.563. The van der Waals surface area contributed by atoms with Gasteiger partial charge in [0, 0.05) is 12.4 Å². The molecule has 1 fully saturated rings. The quantitative estimate of drug-likeness (QED) is 0.456. The van der Waals surface area contributed by atoms with Gasteiger partial charge in [-0.2, -0.15) is 0 Å². The first-order chi connectivity index (χ1) is 6.93. The number of ether oxygens (including phenoxy) is 2. The second-order valence-electron chi connectivity index (χ2n) is 3.46. The molecule has 0 radical (unpaired) electrons. The third kappa shape index (κ3) is 5.81. The standard InChI is InChI=1S/C10H20ClNO2/c11-3-7-13-9-10-14-8-6-12-4-1-2-5-12/h1-10H2. The first kappa shape index (κ1) is 12.2. The van der Waals surface area contributed by atoms with Gasteiger partial charge in [0.2, 0.25) is 0 Å². The molecule has 1 rings (SSSR count). The predicted octanol–water partition coefficient (Wildman–Crippen LogP) is 1.35. The summed E-state index contributed by atoms with van der Waals surface area (Å²) in [6.45, 7) is 6.34. The molecule has 0 aromatic heterocycles. The van der Waals surface area contributed by atoms with E-state index in [2.05, 4.69) is 4.90 Å². The van der Waals surface area contributed by atoms with Crippen LogP contribution >= 0.6 is 11.6 Å². The Labute approximate surface area is 91.3 Å². The molecule has 84 valence electrons. The molecule has 0 bridgehead atoms. The van der Waals surface area contributed by atoms with E-state index in [9.17, 15) is 0 Å². The van der Waals surface area contributed by atoms with Crippen molar-refractivity contribution < 1.29 is 9.47 Å². The summed E-state index contributed by atoms with van der Waals surface area (Å²) in [5, 5.41) is 0. The fraction of sp³-hybridized carbons (Fsp3) is 1.00. The van der Waals surface area contributed by atoms with E-state index >= 15 is 0 Å². The predicted molar refractivity (Wildman–Crippen MR) is 58.0 cm³/mol. The van der Waals surface area contributed by atoms with Gasteiger partial charge in [0.15, 0.2) is 0 Å². The molecule has 1 heterocycles. The summed E-state index contributed by atoms with van der Waals surface area (Å²) in [6, 6.07) is 0. The molecule has 0 N–H and O–H groups in total. The van der Waals surface area contributed by atoms with Gasteiger partial charge in [-0.05, 0) is 25.9 Å². The molecule has 0 atom stereocenters. The van der Waals surface area contributed by atoms with Crippen molar-refractivity contribution in [2.75, 3.05) is 51.9 Å². The molecule has 1 saturated heterocycles. The summed E-state index contributed by atoms with van der Waals surface area (Å²) in [4.78, 5) is 2.44. The Morgan fingerprint density at radius 3 is 2.21 bits per heavy atom. The van der Waals surface area contributed by atoms with Crippen LogP contribution in [-0.2, 0) is 9.47 Å². The van der Waals surface area contributed by atoms with E-state index in [0.29, 0.717) is 25.7 Å². The molecule has 0 amide bonds. The zero-order chi connectivity index (χ0) is 10.1. The lowest BCUT2D eigenvalue weighted by Gasteiger charge is -2.14. The average Bonchev–Trinajstić information content (AvgIpc) is 2.69. The van der Waals surface area contributed by atoms with Crippen molar-refractivity contribution in [3.8, 4) is 0 Å². The summed E-state index contributed by atoms with van der Waals surface area (Å²) in [6.07, 6.45) is 2.69. The van der Waals surface area contributed by atoms with Gasteiger partial charge in [-0.15, -0.1) is 11.6 Å². The van der Waals surface area contributed by atoms with Crippen molar-refractivity contribution in [1.29, 1.82) is 0 Å². The minimum atomic E-state index is 0.563. The van der Waals surface area contributed by atoms with Crippen LogP contribution in [0.25, 0.3) is 0 Å². The molecule has 0 unspecified atom stereocenters. The summed E-state index contributed by atoms with van der Waals surface area (Å²) >= 11 is 5.46. The van der Waals surface area contributed by atoms with Crippen LogP contribution in [0.2, 0.25) is 0 Å². The number of alkyl halides is 1. The molecule has 0 aliphatic carbocycles. The Morgan fingerprint density at radius 2 is 1.57 bits per heavy atom. The number of hydrogen-bond donors (Lipinski definition) is 0. The van der Waals surface area contributed by atoms with Crippen molar-refractivity contribution in [3.05, 3.63) is 0 Å². The Morgan fingerprint density at radius 1 is 0.929 bits per heavy atom. The van der Waals surface area contributed by atoms with Gasteiger partial charge >= 0.3 is 0 Å². The molecule has 3 nitrogen and oxygen atoms in total. The number of rotatable bonds is 8. The van der Waals surface area contributed by atoms with Crippen LogP contribution in [0.15, 0.2) is 0 Å². The highest BCUT2D eigenvalue weighted by molar-refractivity contribution is 6.17. The number of likely N-dealkylation sites (tertiary alicyclic amines) is 1. The lowest BCUT2D eigenvalue weighted by atomic mass is 10.4. The zero-order valence-electron chi connectivity index (χ0n) is 8.71. The van der Waals surface area contributed by atoms with E-state index in [4.69, 9.17) is 21.1 Å². The maximum Gasteiger partial charge on any atom is 0.0701 e. The molecule has 0 aromatic carbocycles. The molecule has 0 saturated carbocycles. The van der Waals surface area contributed by atoms with Gasteiger partial charge in [0.1, 0.15) is 0 Å². The molecule has 0 aromatic rings. The van der Waals surface area contributed by atoms with E-state index in [-0.39, 0.29) is 0 Å². The zero-order valence-corrected chi connectivity index (χ0v) is 9.47. The first-order valence-corrected chi connectivity index (χ1v) is 5.91. The molecular formula is C10H20ClNO2. The average molecular weight is 222 g/mol. The number of halogens is 1. The van der Waals surface area contributed by atoms with Gasteiger partial charge in [-0.1, -0.05) is 0 Å². The summed E-state index contributed by atoms with van der Waals surface area (Å²) in [7, 11) is 0. The highest BCUT2D eigenvalue weighted by atomic mass is 35.5. The van der Waals surface area contributed by atoms with E-state index in [1.807, 2.05) is 0 Å². The van der Waals surface area contributed by atoms with Crippen molar-refractivity contribution in [3.63, 3.8) is 0 Å². The number of hydrogen-bond acceptors (Lipinski definition) is 3. The van der Waals surface area contributed by atoms with Crippen molar-refractivity contribution in [2.45, 2.75) is 12.8 Å². The minimum absolute atomic E-state index is 0.563. The van der Waals surface area contributed by atoms with Crippen LogP contribution in [0.1, 0.15) is 12.8 Å². The van der Waals surface area contributed by atoms with Crippen LogP contribution in [0.5, 0.6) is 0 Å². The Kier molecular flexibility index (Phi) is 7.41. The molecule has 1 aliphatic rings. The van der Waals surface area contributed by atoms with E-state index in [1.165, 1.54) is 25.9 Å². The fourth-order valence-corrected chi connectivity index (χ4v) is 1.69. The van der Waals surface area contributed by atoms with E-state index in [0.717, 1.165) is 13.2 Å². The van der Waals surface area contributed by atoms with E-state index < -0.39 is 0 Å². The van der Waals surface area contributed by atoms with Crippen molar-refractivity contribution in [1.82, 2.24) is 4.90 Å².